The molecular formula is C25H51O6PS. The molecule has 1 N–H and O–H groups in total. The van der Waals surface area contributed by atoms with Gasteiger partial charge in [-0.05, 0) is 31.9 Å². The minimum Gasteiger partial charge on any atom is -0.472 e. The average Bonchev–Trinajstić information content (AvgIpc) is 2.80. The molecule has 0 radical (unpaired) electrons. The van der Waals surface area contributed by atoms with Crippen LogP contribution in [-0.4, -0.2) is 34.5 Å². The molecule has 198 valence electrons. The lowest BCUT2D eigenvalue weighted by molar-refractivity contribution is -0.245. The molecule has 0 aliphatic rings. The molecule has 33 heavy (non-hydrogen) atoms. The highest BCUT2D eigenvalue weighted by molar-refractivity contribution is 7.99. The molecular weight excluding hydrogens is 459 g/mol. The Labute approximate surface area is 207 Å². The van der Waals surface area contributed by atoms with Gasteiger partial charge in [0.2, 0.25) is 0 Å². The molecule has 0 aliphatic heterocycles. The van der Waals surface area contributed by atoms with E-state index in [0.717, 1.165) is 18.6 Å². The van der Waals surface area contributed by atoms with Crippen LogP contribution in [0.15, 0.2) is 0 Å². The summed E-state index contributed by atoms with van der Waals surface area (Å²) < 4.78 is 22.2. The number of rotatable bonds is 25. The fourth-order valence-corrected chi connectivity index (χ4v) is 5.77. The number of carboxylic acid groups (broad SMARTS) is 1. The van der Waals surface area contributed by atoms with E-state index < -0.39 is 13.3 Å². The first-order chi connectivity index (χ1) is 15.9. The van der Waals surface area contributed by atoms with Crippen molar-refractivity contribution in [3.63, 3.8) is 0 Å². The lowest BCUT2D eigenvalue weighted by Gasteiger charge is -2.24. The summed E-state index contributed by atoms with van der Waals surface area (Å²) in [5.41, 5.74) is -1.61. The summed E-state index contributed by atoms with van der Waals surface area (Å²) >= 11 is 1.86. The van der Waals surface area contributed by atoms with Crippen molar-refractivity contribution in [1.82, 2.24) is 0 Å². The third-order valence-corrected chi connectivity index (χ3v) is 8.53. The fraction of sp³-hybridized carbons (Fsp3) is 0.960. The van der Waals surface area contributed by atoms with Crippen molar-refractivity contribution >= 4 is 25.1 Å². The molecule has 3 unspecified atom stereocenters. The minimum absolute atomic E-state index is 0.0508. The van der Waals surface area contributed by atoms with Gasteiger partial charge in [0.1, 0.15) is 6.10 Å². The van der Waals surface area contributed by atoms with Gasteiger partial charge in [-0.25, -0.2) is 14.2 Å². The van der Waals surface area contributed by atoms with E-state index in [1.807, 2.05) is 25.6 Å². The second kappa shape index (κ2) is 22.4. The zero-order chi connectivity index (χ0) is 24.8. The van der Waals surface area contributed by atoms with Crippen molar-refractivity contribution < 1.29 is 28.6 Å². The number of carbonyl (C=O) groups is 1. The van der Waals surface area contributed by atoms with E-state index in [1.54, 1.807) is 0 Å². The Morgan fingerprint density at radius 2 is 1.33 bits per heavy atom. The molecule has 0 aromatic rings. The van der Waals surface area contributed by atoms with Crippen molar-refractivity contribution in [2.75, 3.05) is 12.4 Å². The molecule has 0 fully saturated rings. The summed E-state index contributed by atoms with van der Waals surface area (Å²) in [6.07, 6.45) is 19.0. The molecule has 0 bridgehead atoms. The summed E-state index contributed by atoms with van der Waals surface area (Å²) in [5, 5.41) is 9.40. The summed E-state index contributed by atoms with van der Waals surface area (Å²) in [5.74, 6) is 1.05. The Balaban J connectivity index is 4.35. The second-order valence-electron chi connectivity index (χ2n) is 8.93. The van der Waals surface area contributed by atoms with Gasteiger partial charge in [-0.2, -0.15) is 11.8 Å². The fourth-order valence-electron chi connectivity index (χ4n) is 3.56. The highest BCUT2D eigenvalue weighted by Crippen LogP contribution is 2.49. The maximum absolute atomic E-state index is 12.4. The van der Waals surface area contributed by atoms with Crippen LogP contribution in [0.25, 0.3) is 0 Å². The molecule has 0 heterocycles. The van der Waals surface area contributed by atoms with Crippen molar-refractivity contribution in [3.8, 4) is 0 Å². The summed E-state index contributed by atoms with van der Waals surface area (Å²) in [6, 6.07) is 0. The molecule has 0 spiro atoms. The first kappa shape index (κ1) is 32.9. The maximum Gasteiger partial charge on any atom is 0.464 e. The van der Waals surface area contributed by atoms with Crippen molar-refractivity contribution in [3.05, 3.63) is 0 Å². The highest BCUT2D eigenvalue weighted by atomic mass is 32.2. The Morgan fingerprint density at radius 1 is 0.818 bits per heavy atom. The normalized spacial score (nSPS) is 15.3. The van der Waals surface area contributed by atoms with Gasteiger partial charge in [0, 0.05) is 5.25 Å². The molecule has 0 rings (SSSR count). The van der Waals surface area contributed by atoms with Gasteiger partial charge in [-0.3, -0.25) is 4.52 Å². The molecule has 3 atom stereocenters. The largest absolute Gasteiger partial charge is 0.472 e. The van der Waals surface area contributed by atoms with Crippen LogP contribution < -0.4 is 0 Å². The molecule has 0 aromatic carbocycles. The van der Waals surface area contributed by atoms with Crippen LogP contribution in [0.1, 0.15) is 130 Å². The van der Waals surface area contributed by atoms with E-state index in [4.69, 9.17) is 14.1 Å². The van der Waals surface area contributed by atoms with Gasteiger partial charge in [0.25, 0.3) is 0 Å². The van der Waals surface area contributed by atoms with Crippen LogP contribution in [-0.2, 0) is 18.7 Å². The van der Waals surface area contributed by atoms with Gasteiger partial charge < -0.3 is 5.11 Å². The Bertz CT molecular complexity index is 505. The predicted molar refractivity (Wildman–Crippen MR) is 140 cm³/mol. The quantitative estimate of drug-likeness (QED) is 0.0566. The topological polar surface area (TPSA) is 82.1 Å². The molecule has 6 nitrogen and oxygen atoms in total. The Kier molecular flexibility index (Phi) is 22.4. The Hall–Kier alpha value is -0.0700. The van der Waals surface area contributed by atoms with Gasteiger partial charge in [0.05, 0.1) is 6.61 Å². The van der Waals surface area contributed by atoms with E-state index >= 15 is 0 Å². The molecule has 0 amide bonds. The van der Waals surface area contributed by atoms with Crippen LogP contribution >= 0.6 is 19.4 Å². The summed E-state index contributed by atoms with van der Waals surface area (Å²) in [7, 11) is -4.31. The SMILES string of the molecule is CCCCCCCCCCCCSC(CCCCCC)C(C)OOP(=O)(OCCC)C(=O)O. The smallest absolute Gasteiger partial charge is 0.464 e. The Morgan fingerprint density at radius 3 is 1.85 bits per heavy atom. The third kappa shape index (κ3) is 17.9. The van der Waals surface area contributed by atoms with Gasteiger partial charge in [0.15, 0.2) is 0 Å². The summed E-state index contributed by atoms with van der Waals surface area (Å²) in [6.45, 7) is 8.17. The number of thioether (sulfide) groups is 1. The maximum atomic E-state index is 12.4. The van der Waals surface area contributed by atoms with Crippen molar-refractivity contribution in [2.24, 2.45) is 0 Å². The van der Waals surface area contributed by atoms with Crippen molar-refractivity contribution in [1.29, 1.82) is 0 Å². The third-order valence-electron chi connectivity index (χ3n) is 5.69. The van der Waals surface area contributed by atoms with Crippen LogP contribution in [0, 0.1) is 0 Å². The lowest BCUT2D eigenvalue weighted by Crippen LogP contribution is -2.24. The van der Waals surface area contributed by atoms with Crippen LogP contribution in [0.5, 0.6) is 0 Å². The number of unbranched alkanes of at least 4 members (excludes halogenated alkanes) is 12. The molecule has 0 aromatic heterocycles. The molecule has 0 saturated heterocycles. The molecule has 0 aliphatic carbocycles. The van der Waals surface area contributed by atoms with Gasteiger partial charge >= 0.3 is 13.3 Å². The van der Waals surface area contributed by atoms with Crippen LogP contribution in [0.3, 0.4) is 0 Å². The van der Waals surface area contributed by atoms with E-state index in [0.29, 0.717) is 6.42 Å². The number of hydrogen-bond donors (Lipinski definition) is 1. The predicted octanol–water partition coefficient (Wildman–Crippen LogP) is 9.61. The second-order valence-corrected chi connectivity index (χ2v) is 12.1. The highest BCUT2D eigenvalue weighted by Gasteiger charge is 2.38. The van der Waals surface area contributed by atoms with Gasteiger partial charge in [-0.1, -0.05) is 104 Å². The van der Waals surface area contributed by atoms with Gasteiger partial charge in [-0.15, -0.1) is 4.67 Å². The van der Waals surface area contributed by atoms with Crippen LogP contribution in [0.2, 0.25) is 0 Å². The van der Waals surface area contributed by atoms with E-state index in [1.165, 1.54) is 83.5 Å². The van der Waals surface area contributed by atoms with E-state index in [2.05, 4.69) is 13.8 Å². The number of hydrogen-bond acceptors (Lipinski definition) is 6. The zero-order valence-electron chi connectivity index (χ0n) is 21.7. The van der Waals surface area contributed by atoms with Crippen LogP contribution in [0.4, 0.5) is 4.79 Å². The minimum atomic E-state index is -4.31. The molecule has 8 heteroatoms. The van der Waals surface area contributed by atoms with Crippen molar-refractivity contribution in [2.45, 2.75) is 142 Å². The zero-order valence-corrected chi connectivity index (χ0v) is 23.4. The average molecular weight is 511 g/mol. The summed E-state index contributed by atoms with van der Waals surface area (Å²) in [4.78, 5) is 16.7. The lowest BCUT2D eigenvalue weighted by atomic mass is 10.1. The van der Waals surface area contributed by atoms with E-state index in [-0.39, 0.29) is 18.0 Å². The standard InChI is InChI=1S/C25H51O6PS/c1-5-8-10-12-13-14-15-16-17-19-22-33-24(20-18-11-9-6-2)23(4)30-31-32(28,25(26)27)29-21-7-3/h23-24H,5-22H2,1-4H3,(H,26,27). The first-order valence-electron chi connectivity index (χ1n) is 13.4. The monoisotopic (exact) mass is 510 g/mol. The van der Waals surface area contributed by atoms with E-state index in [9.17, 15) is 14.5 Å². The first-order valence-corrected chi connectivity index (χ1v) is 15.9. The molecule has 0 saturated carbocycles.